The van der Waals surface area contributed by atoms with Crippen LogP contribution in [0.25, 0.3) is 0 Å². The molecule has 0 spiro atoms. The molecule has 0 radical (unpaired) electrons. The van der Waals surface area contributed by atoms with Crippen molar-refractivity contribution < 1.29 is 0 Å². The summed E-state index contributed by atoms with van der Waals surface area (Å²) in [7, 11) is 0. The summed E-state index contributed by atoms with van der Waals surface area (Å²) < 4.78 is 0. The first-order valence-electron chi connectivity index (χ1n) is 15.5. The predicted octanol–water partition coefficient (Wildman–Crippen LogP) is 8.59. The number of nitrogens with zero attached hydrogens (tertiary/aromatic N) is 2. The molecular formula is C35H49Cl3N4. The molecular weight excluding hydrogens is 583 g/mol. The van der Waals surface area contributed by atoms with Crippen molar-refractivity contribution >= 4 is 46.2 Å². The number of benzene rings is 3. The molecule has 4 nitrogen and oxygen atoms in total. The molecule has 0 unspecified atom stereocenters. The summed E-state index contributed by atoms with van der Waals surface area (Å²) in [5.74, 6) is 0.982. The SMILES string of the molecule is CCN(CC)CCc1ccc(C(c2ccccc2Cl)c2ccc(CCN(CC)CC)cc2NCCCl)c(NCCCl)c1. The Bertz CT molecular complexity index is 1140. The van der Waals surface area contributed by atoms with Gasteiger partial charge in [-0.25, -0.2) is 0 Å². The van der Waals surface area contributed by atoms with Gasteiger partial charge in [-0.3, -0.25) is 0 Å². The van der Waals surface area contributed by atoms with Gasteiger partial charge >= 0.3 is 0 Å². The maximum absolute atomic E-state index is 6.93. The van der Waals surface area contributed by atoms with Crippen molar-refractivity contribution in [3.8, 4) is 0 Å². The van der Waals surface area contributed by atoms with Gasteiger partial charge in [-0.1, -0.05) is 81.8 Å². The molecule has 3 rings (SSSR count). The van der Waals surface area contributed by atoms with E-state index in [2.05, 4.69) is 96.7 Å². The van der Waals surface area contributed by atoms with Gasteiger partial charge in [0.1, 0.15) is 0 Å². The van der Waals surface area contributed by atoms with Gasteiger partial charge in [-0.15, -0.1) is 23.2 Å². The van der Waals surface area contributed by atoms with E-state index < -0.39 is 0 Å². The van der Waals surface area contributed by atoms with Crippen LogP contribution >= 0.6 is 34.8 Å². The van der Waals surface area contributed by atoms with Crippen molar-refractivity contribution in [1.82, 2.24) is 9.80 Å². The quantitative estimate of drug-likeness (QED) is 0.102. The van der Waals surface area contributed by atoms with Crippen LogP contribution in [0.4, 0.5) is 11.4 Å². The summed E-state index contributed by atoms with van der Waals surface area (Å²) in [6.07, 6.45) is 2.00. The Morgan fingerprint density at radius 2 is 1.07 bits per heavy atom. The second-order valence-electron chi connectivity index (χ2n) is 10.6. The lowest BCUT2D eigenvalue weighted by Crippen LogP contribution is -2.25. The monoisotopic (exact) mass is 630 g/mol. The third-order valence-corrected chi connectivity index (χ3v) is 8.84. The highest BCUT2D eigenvalue weighted by molar-refractivity contribution is 6.31. The Labute approximate surface area is 269 Å². The van der Waals surface area contributed by atoms with Crippen molar-refractivity contribution in [2.75, 3.05) is 74.8 Å². The minimum atomic E-state index is -0.0805. The Morgan fingerprint density at radius 1 is 0.619 bits per heavy atom. The lowest BCUT2D eigenvalue weighted by Gasteiger charge is -2.27. The van der Waals surface area contributed by atoms with Crippen LogP contribution < -0.4 is 10.6 Å². The molecule has 2 N–H and O–H groups in total. The molecule has 0 fully saturated rings. The number of rotatable bonds is 19. The van der Waals surface area contributed by atoms with Crippen LogP contribution in [0.2, 0.25) is 5.02 Å². The van der Waals surface area contributed by atoms with Crippen LogP contribution in [-0.2, 0) is 12.8 Å². The van der Waals surface area contributed by atoms with E-state index in [0.29, 0.717) is 24.8 Å². The molecule has 0 bridgehead atoms. The Kier molecular flexibility index (Phi) is 15.3. The Balaban J connectivity index is 2.13. The lowest BCUT2D eigenvalue weighted by atomic mass is 9.82. The highest BCUT2D eigenvalue weighted by Crippen LogP contribution is 2.42. The van der Waals surface area contributed by atoms with Gasteiger partial charge in [-0.05, 0) is 85.0 Å². The van der Waals surface area contributed by atoms with Crippen molar-refractivity contribution in [3.63, 3.8) is 0 Å². The number of halogens is 3. The molecule has 7 heteroatoms. The van der Waals surface area contributed by atoms with E-state index >= 15 is 0 Å². The summed E-state index contributed by atoms with van der Waals surface area (Å²) in [5.41, 5.74) is 8.28. The molecule has 0 amide bonds. The van der Waals surface area contributed by atoms with Gasteiger partial charge in [0.15, 0.2) is 0 Å². The smallest absolute Gasteiger partial charge is 0.0447 e. The van der Waals surface area contributed by atoms with Crippen molar-refractivity contribution in [1.29, 1.82) is 0 Å². The third-order valence-electron chi connectivity index (χ3n) is 8.12. The first kappa shape index (κ1) is 34.5. The molecule has 0 aliphatic heterocycles. The molecule has 0 aliphatic carbocycles. The van der Waals surface area contributed by atoms with E-state index in [1.807, 2.05) is 12.1 Å². The van der Waals surface area contributed by atoms with Crippen LogP contribution in [-0.4, -0.2) is 73.9 Å². The number of anilines is 2. The van der Waals surface area contributed by atoms with Gasteiger partial charge in [0.25, 0.3) is 0 Å². The van der Waals surface area contributed by atoms with E-state index in [1.165, 1.54) is 22.3 Å². The zero-order valence-electron chi connectivity index (χ0n) is 25.9. The fourth-order valence-corrected chi connectivity index (χ4v) is 5.99. The number of alkyl halides is 2. The average molecular weight is 632 g/mol. The number of nitrogens with one attached hydrogen (secondary N) is 2. The van der Waals surface area contributed by atoms with Crippen molar-refractivity contribution in [3.05, 3.63) is 93.5 Å². The second-order valence-corrected chi connectivity index (χ2v) is 11.7. The first-order chi connectivity index (χ1) is 20.5. The summed E-state index contributed by atoms with van der Waals surface area (Å²) in [6.45, 7) is 16.6. The Hall–Kier alpha value is -1.95. The average Bonchev–Trinajstić information content (AvgIpc) is 3.02. The van der Waals surface area contributed by atoms with E-state index in [0.717, 1.165) is 74.1 Å². The first-order valence-corrected chi connectivity index (χ1v) is 17.0. The summed E-state index contributed by atoms with van der Waals surface area (Å²) in [4.78, 5) is 4.92. The van der Waals surface area contributed by atoms with Crippen LogP contribution in [0.1, 0.15) is 61.4 Å². The van der Waals surface area contributed by atoms with Gasteiger partial charge in [0.2, 0.25) is 0 Å². The van der Waals surface area contributed by atoms with Gasteiger partial charge < -0.3 is 20.4 Å². The standard InChI is InChI=1S/C35H49Cl3N4/c1-5-41(6-2)23-17-27-13-15-30(33(25-27)39-21-19-36)35(29-11-9-10-12-32(29)38)31-16-14-28(18-24-42(7-3)8-4)26-34(31)40-22-20-37/h9-16,25-26,35,39-40H,5-8,17-24H2,1-4H3. The fraction of sp³-hybridized carbons (Fsp3) is 0.486. The zero-order valence-corrected chi connectivity index (χ0v) is 28.1. The normalized spacial score (nSPS) is 11.6. The largest absolute Gasteiger partial charge is 0.384 e. The molecule has 230 valence electrons. The summed E-state index contributed by atoms with van der Waals surface area (Å²) in [6, 6.07) is 21.9. The molecule has 0 aromatic heterocycles. The minimum Gasteiger partial charge on any atom is -0.384 e. The van der Waals surface area contributed by atoms with Crippen LogP contribution in [0.15, 0.2) is 60.7 Å². The zero-order chi connectivity index (χ0) is 30.3. The maximum Gasteiger partial charge on any atom is 0.0447 e. The molecule has 0 aliphatic rings. The second kappa shape index (κ2) is 18.7. The highest BCUT2D eigenvalue weighted by atomic mass is 35.5. The van der Waals surface area contributed by atoms with E-state index in [4.69, 9.17) is 34.8 Å². The van der Waals surface area contributed by atoms with E-state index in [9.17, 15) is 0 Å². The maximum atomic E-state index is 6.93. The lowest BCUT2D eigenvalue weighted by molar-refractivity contribution is 0.308. The predicted molar refractivity (Wildman–Crippen MR) is 187 cm³/mol. The fourth-order valence-electron chi connectivity index (χ4n) is 5.56. The van der Waals surface area contributed by atoms with Crippen molar-refractivity contribution in [2.24, 2.45) is 0 Å². The molecule has 3 aromatic rings. The molecule has 0 heterocycles. The number of hydrogen-bond donors (Lipinski definition) is 2. The molecule has 0 saturated carbocycles. The Morgan fingerprint density at radius 3 is 1.48 bits per heavy atom. The van der Waals surface area contributed by atoms with Crippen molar-refractivity contribution in [2.45, 2.75) is 46.5 Å². The van der Waals surface area contributed by atoms with Crippen LogP contribution in [0, 0.1) is 0 Å². The molecule has 0 atom stereocenters. The highest BCUT2D eigenvalue weighted by Gasteiger charge is 2.25. The number of hydrogen-bond acceptors (Lipinski definition) is 4. The van der Waals surface area contributed by atoms with Gasteiger partial charge in [-0.2, -0.15) is 0 Å². The van der Waals surface area contributed by atoms with E-state index in [-0.39, 0.29) is 5.92 Å². The van der Waals surface area contributed by atoms with Crippen LogP contribution in [0.3, 0.4) is 0 Å². The molecule has 3 aromatic carbocycles. The topological polar surface area (TPSA) is 30.5 Å². The third kappa shape index (κ3) is 9.79. The van der Waals surface area contributed by atoms with E-state index in [1.54, 1.807) is 0 Å². The summed E-state index contributed by atoms with van der Waals surface area (Å²) >= 11 is 19.3. The van der Waals surface area contributed by atoms with Gasteiger partial charge in [0, 0.05) is 60.3 Å². The number of likely N-dealkylation sites (N-methyl/N-ethyl adjacent to an activating group) is 2. The van der Waals surface area contributed by atoms with Crippen LogP contribution in [0.5, 0.6) is 0 Å². The molecule has 0 saturated heterocycles. The van der Waals surface area contributed by atoms with Gasteiger partial charge in [0.05, 0.1) is 0 Å². The molecule has 42 heavy (non-hydrogen) atoms. The summed E-state index contributed by atoms with van der Waals surface area (Å²) in [5, 5.41) is 8.04. The minimum absolute atomic E-state index is 0.0805.